The van der Waals surface area contributed by atoms with Crippen LogP contribution in [0.5, 0.6) is 0 Å². The van der Waals surface area contributed by atoms with Crippen molar-refractivity contribution in [2.45, 2.75) is 50.4 Å². The van der Waals surface area contributed by atoms with Crippen molar-refractivity contribution >= 4 is 22.8 Å². The van der Waals surface area contributed by atoms with Gasteiger partial charge in [-0.3, -0.25) is 0 Å². The molecule has 0 radical (unpaired) electrons. The van der Waals surface area contributed by atoms with Crippen molar-refractivity contribution in [1.29, 1.82) is 0 Å². The first kappa shape index (κ1) is 13.4. The van der Waals surface area contributed by atoms with Crippen molar-refractivity contribution in [3.05, 3.63) is 17.8 Å². The average Bonchev–Trinajstić information content (AvgIpc) is 3.04. The summed E-state index contributed by atoms with van der Waals surface area (Å²) in [5, 5.41) is 10.5. The first-order valence-corrected chi connectivity index (χ1v) is 7.21. The number of ether oxygens (including phenoxy) is 2. The van der Waals surface area contributed by atoms with E-state index in [4.69, 9.17) is 21.1 Å². The van der Waals surface area contributed by atoms with Crippen LogP contribution in [0.2, 0.25) is 5.15 Å². The Bertz CT molecular complexity index is 704. The number of hydrogen-bond acceptors (Lipinski definition) is 6. The summed E-state index contributed by atoms with van der Waals surface area (Å²) < 4.78 is 13.6. The molecule has 1 N–H and O–H groups in total. The van der Waals surface area contributed by atoms with Crippen LogP contribution in [0.15, 0.2) is 12.7 Å². The summed E-state index contributed by atoms with van der Waals surface area (Å²) in [5.41, 5.74) is 1.19. The number of aliphatic hydroxyl groups is 1. The summed E-state index contributed by atoms with van der Waals surface area (Å²) in [4.78, 5) is 12.4. The number of fused-ring (bicyclic) bond motifs is 2. The van der Waals surface area contributed by atoms with Gasteiger partial charge in [0.2, 0.25) is 0 Å². The maximum Gasteiger partial charge on any atom is 0.165 e. The molecule has 0 spiro atoms. The molecule has 4 unspecified atom stereocenters. The van der Waals surface area contributed by atoms with Crippen molar-refractivity contribution in [3.63, 3.8) is 0 Å². The second kappa shape index (κ2) is 4.36. The summed E-state index contributed by atoms with van der Waals surface area (Å²) in [5.74, 6) is -0.696. The number of hydrogen-bond donors (Lipinski definition) is 1. The summed E-state index contributed by atoms with van der Waals surface area (Å²) >= 11 is 6.03. The molecule has 2 fully saturated rings. The molecular weight excluding hydrogens is 296 g/mol. The van der Waals surface area contributed by atoms with E-state index in [1.807, 2.05) is 18.4 Å². The Morgan fingerprint density at radius 2 is 2.05 bits per heavy atom. The molecule has 3 heterocycles. The van der Waals surface area contributed by atoms with Crippen LogP contribution in [0.25, 0.3) is 11.2 Å². The van der Waals surface area contributed by atoms with Crippen LogP contribution in [-0.2, 0) is 9.47 Å². The normalized spacial score (nSPS) is 34.5. The Balaban J connectivity index is 1.77. The van der Waals surface area contributed by atoms with E-state index in [-0.39, 0.29) is 18.2 Å². The zero-order valence-electron chi connectivity index (χ0n) is 11.6. The SMILES string of the molecule is CC1(C)OC2C(O)CC(n3cnc4c(Cl)ncnc43)C2O1. The summed E-state index contributed by atoms with van der Waals surface area (Å²) in [7, 11) is 0. The molecule has 0 aromatic carbocycles. The predicted molar refractivity (Wildman–Crippen MR) is 73.8 cm³/mol. The minimum absolute atomic E-state index is 0.0947. The maximum atomic E-state index is 10.2. The fourth-order valence-electron chi connectivity index (χ4n) is 3.27. The fourth-order valence-corrected chi connectivity index (χ4v) is 3.44. The zero-order chi connectivity index (χ0) is 14.8. The molecule has 112 valence electrons. The van der Waals surface area contributed by atoms with Gasteiger partial charge in [0.1, 0.15) is 24.1 Å². The van der Waals surface area contributed by atoms with Gasteiger partial charge in [-0.05, 0) is 20.3 Å². The monoisotopic (exact) mass is 310 g/mol. The highest BCUT2D eigenvalue weighted by Crippen LogP contribution is 2.44. The molecule has 2 aromatic rings. The van der Waals surface area contributed by atoms with Crippen LogP contribution in [0, 0.1) is 0 Å². The highest BCUT2D eigenvalue weighted by atomic mass is 35.5. The maximum absolute atomic E-state index is 10.2. The summed E-state index contributed by atoms with van der Waals surface area (Å²) in [6, 6.07) is -0.0947. The Morgan fingerprint density at radius 3 is 2.86 bits per heavy atom. The highest BCUT2D eigenvalue weighted by Gasteiger charge is 2.54. The van der Waals surface area contributed by atoms with Gasteiger partial charge >= 0.3 is 0 Å². The summed E-state index contributed by atoms with van der Waals surface area (Å²) in [6.07, 6.45) is 2.46. The van der Waals surface area contributed by atoms with Gasteiger partial charge in [-0.25, -0.2) is 15.0 Å². The van der Waals surface area contributed by atoms with Gasteiger partial charge in [0, 0.05) is 0 Å². The van der Waals surface area contributed by atoms with Gasteiger partial charge in [0.15, 0.2) is 16.6 Å². The molecule has 1 saturated heterocycles. The molecule has 21 heavy (non-hydrogen) atoms. The smallest absolute Gasteiger partial charge is 0.165 e. The second-order valence-electron chi connectivity index (χ2n) is 5.92. The first-order chi connectivity index (χ1) is 9.96. The number of imidazole rings is 1. The lowest BCUT2D eigenvalue weighted by Crippen LogP contribution is -2.28. The molecule has 1 aliphatic heterocycles. The van der Waals surface area contributed by atoms with Crippen LogP contribution in [-0.4, -0.2) is 48.7 Å². The van der Waals surface area contributed by atoms with Crippen molar-refractivity contribution in [3.8, 4) is 0 Å². The average molecular weight is 311 g/mol. The third-order valence-electron chi connectivity index (χ3n) is 4.08. The van der Waals surface area contributed by atoms with E-state index in [0.29, 0.717) is 22.7 Å². The van der Waals surface area contributed by atoms with E-state index in [1.54, 1.807) is 6.33 Å². The van der Waals surface area contributed by atoms with Gasteiger partial charge in [0.25, 0.3) is 0 Å². The number of rotatable bonds is 1. The zero-order valence-corrected chi connectivity index (χ0v) is 12.4. The van der Waals surface area contributed by atoms with E-state index >= 15 is 0 Å². The largest absolute Gasteiger partial charge is 0.390 e. The van der Waals surface area contributed by atoms with E-state index in [0.717, 1.165) is 0 Å². The quantitative estimate of drug-likeness (QED) is 0.800. The molecule has 2 aliphatic rings. The Labute approximate surface area is 125 Å². The fraction of sp³-hybridized carbons (Fsp3) is 0.615. The first-order valence-electron chi connectivity index (χ1n) is 6.83. The van der Waals surface area contributed by atoms with Crippen LogP contribution in [0.4, 0.5) is 0 Å². The van der Waals surface area contributed by atoms with Crippen LogP contribution >= 0.6 is 11.6 Å². The molecular formula is C13H15ClN4O3. The van der Waals surface area contributed by atoms with E-state index in [1.165, 1.54) is 6.33 Å². The van der Waals surface area contributed by atoms with E-state index < -0.39 is 11.9 Å². The number of nitrogens with zero attached hydrogens (tertiary/aromatic N) is 4. The number of aliphatic hydroxyl groups excluding tert-OH is 1. The molecule has 4 atom stereocenters. The Hall–Kier alpha value is -1.28. The lowest BCUT2D eigenvalue weighted by molar-refractivity contribution is -0.165. The van der Waals surface area contributed by atoms with Crippen molar-refractivity contribution in [2.75, 3.05) is 0 Å². The lowest BCUT2D eigenvalue weighted by Gasteiger charge is -2.23. The predicted octanol–water partition coefficient (Wildman–Crippen LogP) is 1.31. The molecule has 7 nitrogen and oxygen atoms in total. The standard InChI is InChI=1S/C13H15ClN4O3/c1-13(2)20-9-6(3-7(19)10(9)21-13)18-5-17-8-11(14)15-4-16-12(8)18/h4-7,9-10,19H,3H2,1-2H3. The summed E-state index contributed by atoms with van der Waals surface area (Å²) in [6.45, 7) is 3.69. The van der Waals surface area contributed by atoms with Crippen LogP contribution in [0.3, 0.4) is 0 Å². The van der Waals surface area contributed by atoms with Gasteiger partial charge < -0.3 is 19.1 Å². The van der Waals surface area contributed by atoms with Crippen LogP contribution in [0.1, 0.15) is 26.3 Å². The topological polar surface area (TPSA) is 82.3 Å². The van der Waals surface area contributed by atoms with Crippen molar-refractivity contribution < 1.29 is 14.6 Å². The van der Waals surface area contributed by atoms with Gasteiger partial charge in [0.05, 0.1) is 18.5 Å². The van der Waals surface area contributed by atoms with E-state index in [9.17, 15) is 5.11 Å². The van der Waals surface area contributed by atoms with E-state index in [2.05, 4.69) is 15.0 Å². The van der Waals surface area contributed by atoms with Crippen LogP contribution < -0.4 is 0 Å². The molecule has 0 bridgehead atoms. The molecule has 4 rings (SSSR count). The number of halogens is 1. The van der Waals surface area contributed by atoms with Gasteiger partial charge in [-0.2, -0.15) is 0 Å². The third-order valence-corrected chi connectivity index (χ3v) is 4.35. The van der Waals surface area contributed by atoms with Gasteiger partial charge in [-0.1, -0.05) is 11.6 Å². The lowest BCUT2D eigenvalue weighted by atomic mass is 10.2. The Kier molecular flexibility index (Phi) is 2.78. The second-order valence-corrected chi connectivity index (χ2v) is 6.28. The number of aromatic nitrogens is 4. The van der Waals surface area contributed by atoms with Crippen molar-refractivity contribution in [2.24, 2.45) is 0 Å². The minimum atomic E-state index is -0.696. The Morgan fingerprint density at radius 1 is 1.29 bits per heavy atom. The third kappa shape index (κ3) is 1.96. The molecule has 2 aromatic heterocycles. The van der Waals surface area contributed by atoms with Crippen molar-refractivity contribution in [1.82, 2.24) is 19.5 Å². The highest BCUT2D eigenvalue weighted by molar-refractivity contribution is 6.33. The molecule has 1 saturated carbocycles. The molecule has 1 aliphatic carbocycles. The molecule has 0 amide bonds. The minimum Gasteiger partial charge on any atom is -0.390 e. The van der Waals surface area contributed by atoms with Gasteiger partial charge in [-0.15, -0.1) is 0 Å². The molecule has 8 heteroatoms.